The number of imidazole rings is 2. The van der Waals surface area contributed by atoms with E-state index in [2.05, 4.69) is 33.2 Å². The van der Waals surface area contributed by atoms with Crippen LogP contribution < -0.4 is 43.1 Å². The lowest BCUT2D eigenvalue weighted by Crippen LogP contribution is -3.00. The Labute approximate surface area is 116 Å². The molecule has 0 unspecified atom stereocenters. The first-order valence-electron chi connectivity index (χ1n) is 4.81. The lowest BCUT2D eigenvalue weighted by Gasteiger charge is -1.93. The SMILES string of the molecule is C[n+]1cc[nH]c1CCc1[nH]cc[n+]1C.[Br-].[Br-]. The highest BCUT2D eigenvalue weighted by molar-refractivity contribution is 4.84. The Bertz CT molecular complexity index is 382. The van der Waals surface area contributed by atoms with Crippen molar-refractivity contribution >= 4 is 0 Å². The van der Waals surface area contributed by atoms with Gasteiger partial charge in [0.1, 0.15) is 24.8 Å². The normalized spacial score (nSPS) is 9.38. The van der Waals surface area contributed by atoms with Gasteiger partial charge in [0.05, 0.1) is 26.9 Å². The van der Waals surface area contributed by atoms with Gasteiger partial charge in [0.25, 0.3) is 11.6 Å². The molecule has 2 rings (SSSR count). The van der Waals surface area contributed by atoms with Crippen molar-refractivity contribution in [3.63, 3.8) is 0 Å². The lowest BCUT2D eigenvalue weighted by molar-refractivity contribution is -0.682. The Kier molecular flexibility index (Phi) is 6.59. The second-order valence-electron chi connectivity index (χ2n) is 3.54. The summed E-state index contributed by atoms with van der Waals surface area (Å²) in [4.78, 5) is 6.45. The average Bonchev–Trinajstić information content (AvgIpc) is 2.72. The van der Waals surface area contributed by atoms with Crippen LogP contribution >= 0.6 is 0 Å². The minimum Gasteiger partial charge on any atom is -1.00 e. The molecule has 0 radical (unpaired) electrons. The molecule has 0 aliphatic carbocycles. The fraction of sp³-hybridized carbons (Fsp3) is 0.400. The first-order chi connectivity index (χ1) is 6.77. The Morgan fingerprint density at radius 1 is 0.875 bits per heavy atom. The second-order valence-corrected chi connectivity index (χ2v) is 3.54. The predicted octanol–water partition coefficient (Wildman–Crippen LogP) is -6.21. The van der Waals surface area contributed by atoms with Crippen LogP contribution in [0.4, 0.5) is 0 Å². The maximum Gasteiger partial charge on any atom is 0.254 e. The van der Waals surface area contributed by atoms with Crippen LogP contribution in [-0.2, 0) is 26.9 Å². The molecular formula is C10H16Br2N4. The molecule has 0 aliphatic rings. The van der Waals surface area contributed by atoms with Crippen molar-refractivity contribution in [2.45, 2.75) is 12.8 Å². The zero-order valence-electron chi connectivity index (χ0n) is 9.37. The van der Waals surface area contributed by atoms with E-state index < -0.39 is 0 Å². The van der Waals surface area contributed by atoms with Crippen LogP contribution in [0.5, 0.6) is 0 Å². The lowest BCUT2D eigenvalue weighted by atomic mass is 10.3. The first-order valence-corrected chi connectivity index (χ1v) is 4.81. The van der Waals surface area contributed by atoms with Crippen LogP contribution in [0.2, 0.25) is 0 Å². The molecule has 2 aromatic rings. The third-order valence-electron chi connectivity index (χ3n) is 2.55. The summed E-state index contributed by atoms with van der Waals surface area (Å²) in [5, 5.41) is 0. The number of hydrogen-bond acceptors (Lipinski definition) is 0. The quantitative estimate of drug-likeness (QED) is 0.517. The maximum absolute atomic E-state index is 3.23. The number of aromatic amines is 2. The second kappa shape index (κ2) is 6.85. The van der Waals surface area contributed by atoms with Crippen LogP contribution in [0.1, 0.15) is 11.6 Å². The van der Waals surface area contributed by atoms with Crippen LogP contribution in [0.3, 0.4) is 0 Å². The maximum atomic E-state index is 3.23. The van der Waals surface area contributed by atoms with Crippen molar-refractivity contribution in [1.29, 1.82) is 0 Å². The van der Waals surface area contributed by atoms with Gasteiger partial charge in [-0.15, -0.1) is 0 Å². The van der Waals surface area contributed by atoms with Gasteiger partial charge in [0, 0.05) is 0 Å². The van der Waals surface area contributed by atoms with Gasteiger partial charge in [0.15, 0.2) is 0 Å². The predicted molar refractivity (Wildman–Crippen MR) is 51.3 cm³/mol. The van der Waals surface area contributed by atoms with E-state index in [9.17, 15) is 0 Å². The number of rotatable bonds is 3. The summed E-state index contributed by atoms with van der Waals surface area (Å²) in [6.07, 6.45) is 10.0. The van der Waals surface area contributed by atoms with Gasteiger partial charge in [-0.1, -0.05) is 0 Å². The third kappa shape index (κ3) is 3.45. The molecule has 2 heterocycles. The number of nitrogens with zero attached hydrogens (tertiary/aromatic N) is 2. The van der Waals surface area contributed by atoms with E-state index >= 15 is 0 Å². The Morgan fingerprint density at radius 2 is 1.25 bits per heavy atom. The topological polar surface area (TPSA) is 39.3 Å². The molecule has 4 nitrogen and oxygen atoms in total. The van der Waals surface area contributed by atoms with Crippen molar-refractivity contribution in [2.75, 3.05) is 0 Å². The van der Waals surface area contributed by atoms with E-state index in [4.69, 9.17) is 0 Å². The van der Waals surface area contributed by atoms with E-state index in [1.165, 1.54) is 11.6 Å². The number of aromatic nitrogens is 4. The molecule has 0 amide bonds. The van der Waals surface area contributed by atoms with Gasteiger partial charge >= 0.3 is 0 Å². The van der Waals surface area contributed by atoms with Gasteiger partial charge in [0.2, 0.25) is 0 Å². The number of halogens is 2. The molecule has 2 N–H and O–H groups in total. The number of H-pyrrole nitrogens is 2. The summed E-state index contributed by atoms with van der Waals surface area (Å²) in [6, 6.07) is 0. The molecule has 6 heteroatoms. The van der Waals surface area contributed by atoms with E-state index in [1.54, 1.807) is 0 Å². The fourth-order valence-electron chi connectivity index (χ4n) is 1.61. The summed E-state index contributed by atoms with van der Waals surface area (Å²) in [6.45, 7) is 0. The zero-order valence-corrected chi connectivity index (χ0v) is 12.5. The molecule has 0 saturated carbocycles. The Hall–Kier alpha value is -0.620. The van der Waals surface area contributed by atoms with Crippen LogP contribution in [0.15, 0.2) is 24.8 Å². The van der Waals surface area contributed by atoms with Gasteiger partial charge in [-0.3, -0.25) is 0 Å². The van der Waals surface area contributed by atoms with E-state index in [1.807, 2.05) is 24.8 Å². The van der Waals surface area contributed by atoms with Crippen LogP contribution in [0.25, 0.3) is 0 Å². The van der Waals surface area contributed by atoms with E-state index in [0.29, 0.717) is 0 Å². The summed E-state index contributed by atoms with van der Waals surface area (Å²) >= 11 is 0. The van der Waals surface area contributed by atoms with E-state index in [0.717, 1.165) is 12.8 Å². The van der Waals surface area contributed by atoms with Crippen LogP contribution in [-0.4, -0.2) is 9.97 Å². The highest BCUT2D eigenvalue weighted by atomic mass is 79.9. The fourth-order valence-corrected chi connectivity index (χ4v) is 1.61. The van der Waals surface area contributed by atoms with E-state index in [-0.39, 0.29) is 34.0 Å². The molecule has 0 bridgehead atoms. The first kappa shape index (κ1) is 15.4. The highest BCUT2D eigenvalue weighted by Crippen LogP contribution is 1.94. The monoisotopic (exact) mass is 350 g/mol. The molecule has 0 aliphatic heterocycles. The van der Waals surface area contributed by atoms with Crippen molar-refractivity contribution in [2.24, 2.45) is 14.1 Å². The number of aryl methyl sites for hydroxylation is 4. The van der Waals surface area contributed by atoms with Gasteiger partial charge in [-0.05, 0) is 0 Å². The molecule has 0 spiro atoms. The molecule has 0 atom stereocenters. The number of nitrogens with one attached hydrogen (secondary N) is 2. The van der Waals surface area contributed by atoms with Crippen molar-refractivity contribution in [3.05, 3.63) is 36.4 Å². The van der Waals surface area contributed by atoms with Crippen molar-refractivity contribution in [3.8, 4) is 0 Å². The highest BCUT2D eigenvalue weighted by Gasteiger charge is 2.11. The third-order valence-corrected chi connectivity index (χ3v) is 2.55. The van der Waals surface area contributed by atoms with Gasteiger partial charge in [-0.25, -0.2) is 19.1 Å². The summed E-state index contributed by atoms with van der Waals surface area (Å²) in [5.74, 6) is 2.50. The summed E-state index contributed by atoms with van der Waals surface area (Å²) in [5.41, 5.74) is 0. The van der Waals surface area contributed by atoms with Crippen LogP contribution in [0, 0.1) is 0 Å². The van der Waals surface area contributed by atoms with Crippen molar-refractivity contribution < 1.29 is 43.1 Å². The zero-order chi connectivity index (χ0) is 9.97. The minimum absolute atomic E-state index is 0. The molecule has 0 fully saturated rings. The molecule has 90 valence electrons. The van der Waals surface area contributed by atoms with Gasteiger partial charge < -0.3 is 34.0 Å². The standard InChI is InChI=1S/C10H14N4.2BrH/c1-13-7-5-11-9(13)3-4-10-12-6-8-14(10)2;;/h5-8H,3-4H2,1-2H3;2*1H. The average molecular weight is 352 g/mol. The summed E-state index contributed by atoms with van der Waals surface area (Å²) in [7, 11) is 4.11. The largest absolute Gasteiger partial charge is 1.00 e. The Morgan fingerprint density at radius 3 is 1.50 bits per heavy atom. The Balaban J connectivity index is 0.00000112. The number of hydrogen-bond donors (Lipinski definition) is 2. The molecular weight excluding hydrogens is 336 g/mol. The molecule has 0 aromatic carbocycles. The smallest absolute Gasteiger partial charge is 0.254 e. The van der Waals surface area contributed by atoms with Crippen molar-refractivity contribution in [1.82, 2.24) is 9.97 Å². The molecule has 0 saturated heterocycles. The molecule has 16 heavy (non-hydrogen) atoms. The minimum atomic E-state index is 0. The molecule has 2 aromatic heterocycles. The summed E-state index contributed by atoms with van der Waals surface area (Å²) < 4.78 is 4.23. The van der Waals surface area contributed by atoms with Gasteiger partial charge in [-0.2, -0.15) is 0 Å².